The summed E-state index contributed by atoms with van der Waals surface area (Å²) in [5.74, 6) is 0.102. The van der Waals surface area contributed by atoms with Gasteiger partial charge in [-0.1, -0.05) is 0 Å². The van der Waals surface area contributed by atoms with Gasteiger partial charge in [0.15, 0.2) is 0 Å². The van der Waals surface area contributed by atoms with Gasteiger partial charge in [-0.3, -0.25) is 9.59 Å². The predicted molar refractivity (Wildman–Crippen MR) is 66.8 cm³/mol. The van der Waals surface area contributed by atoms with Gasteiger partial charge in [0.2, 0.25) is 5.91 Å². The summed E-state index contributed by atoms with van der Waals surface area (Å²) in [6.07, 6.45) is 3.84. The number of hydrogen-bond acceptors (Lipinski definition) is 4. The fourth-order valence-corrected chi connectivity index (χ4v) is 1.46. The lowest BCUT2D eigenvalue weighted by Gasteiger charge is -2.05. The minimum Gasteiger partial charge on any atom is -0.384 e. The van der Waals surface area contributed by atoms with Crippen LogP contribution in [0.25, 0.3) is 0 Å². The molecule has 1 fully saturated rings. The molecule has 6 heteroatoms. The van der Waals surface area contributed by atoms with Crippen LogP contribution in [0.4, 0.5) is 5.82 Å². The molecular weight excluding hydrogens is 232 g/mol. The summed E-state index contributed by atoms with van der Waals surface area (Å²) in [5, 5.41) is 5.52. The maximum Gasteiger partial charge on any atom is 0.252 e. The molecule has 0 saturated heterocycles. The monoisotopic (exact) mass is 248 g/mol. The van der Waals surface area contributed by atoms with E-state index in [9.17, 15) is 9.59 Å². The molecule has 18 heavy (non-hydrogen) atoms. The molecule has 1 saturated carbocycles. The minimum atomic E-state index is -0.248. The maximum atomic E-state index is 11.6. The lowest BCUT2D eigenvalue weighted by atomic mass is 10.2. The molecule has 2 amide bonds. The first-order chi connectivity index (χ1) is 8.65. The van der Waals surface area contributed by atoms with E-state index in [1.54, 1.807) is 12.1 Å². The van der Waals surface area contributed by atoms with Gasteiger partial charge in [-0.15, -0.1) is 0 Å². The van der Waals surface area contributed by atoms with Crippen molar-refractivity contribution in [2.45, 2.75) is 25.3 Å². The number of nitrogens with one attached hydrogen (secondary N) is 2. The van der Waals surface area contributed by atoms with Crippen LogP contribution in [0.3, 0.4) is 0 Å². The zero-order valence-corrected chi connectivity index (χ0v) is 9.98. The van der Waals surface area contributed by atoms with Crippen molar-refractivity contribution in [2.75, 3.05) is 12.3 Å². The number of nitrogens with zero attached hydrogens (tertiary/aromatic N) is 1. The zero-order valence-electron chi connectivity index (χ0n) is 9.98. The third kappa shape index (κ3) is 3.73. The van der Waals surface area contributed by atoms with Crippen molar-refractivity contribution >= 4 is 17.6 Å². The second-order valence-electron chi connectivity index (χ2n) is 4.32. The van der Waals surface area contributed by atoms with E-state index in [0.717, 1.165) is 12.8 Å². The van der Waals surface area contributed by atoms with Crippen LogP contribution >= 0.6 is 0 Å². The summed E-state index contributed by atoms with van der Waals surface area (Å²) >= 11 is 0. The Morgan fingerprint density at radius 3 is 2.78 bits per heavy atom. The number of aromatic nitrogens is 1. The number of hydrogen-bond donors (Lipinski definition) is 3. The van der Waals surface area contributed by atoms with Crippen molar-refractivity contribution in [3.63, 3.8) is 0 Å². The van der Waals surface area contributed by atoms with Gasteiger partial charge < -0.3 is 16.4 Å². The van der Waals surface area contributed by atoms with Crippen molar-refractivity contribution in [1.82, 2.24) is 15.6 Å². The van der Waals surface area contributed by atoms with Crippen LogP contribution in [0.15, 0.2) is 18.3 Å². The number of nitrogen functional groups attached to an aromatic ring is 1. The summed E-state index contributed by atoms with van der Waals surface area (Å²) < 4.78 is 0. The molecule has 4 N–H and O–H groups in total. The van der Waals surface area contributed by atoms with Crippen LogP contribution in [-0.2, 0) is 4.79 Å². The van der Waals surface area contributed by atoms with E-state index in [0.29, 0.717) is 30.4 Å². The Morgan fingerprint density at radius 2 is 2.17 bits per heavy atom. The highest BCUT2D eigenvalue weighted by Crippen LogP contribution is 2.18. The number of carbonyl (C=O) groups excluding carboxylic acids is 2. The van der Waals surface area contributed by atoms with Crippen molar-refractivity contribution in [3.05, 3.63) is 23.9 Å². The molecule has 0 aliphatic heterocycles. The average molecular weight is 248 g/mol. The van der Waals surface area contributed by atoms with Gasteiger partial charge in [-0.2, -0.15) is 0 Å². The molecule has 96 valence electrons. The van der Waals surface area contributed by atoms with Crippen molar-refractivity contribution in [2.24, 2.45) is 0 Å². The van der Waals surface area contributed by atoms with E-state index in [4.69, 9.17) is 5.73 Å². The Hall–Kier alpha value is -2.11. The van der Waals surface area contributed by atoms with Crippen LogP contribution in [0.1, 0.15) is 29.6 Å². The van der Waals surface area contributed by atoms with E-state index in [1.807, 2.05) is 0 Å². The SMILES string of the molecule is Nc1ccc(C(=O)NCCC(=O)NC2CC2)cn1. The van der Waals surface area contributed by atoms with Crippen LogP contribution in [0.2, 0.25) is 0 Å². The standard InChI is InChI=1S/C12H16N4O2/c13-10-4-1-8(7-15-10)12(18)14-6-5-11(17)16-9-2-3-9/h1,4,7,9H,2-3,5-6H2,(H2,13,15)(H,14,18)(H,16,17). The molecule has 1 heterocycles. The fourth-order valence-electron chi connectivity index (χ4n) is 1.46. The fraction of sp³-hybridized carbons (Fsp3) is 0.417. The Bertz CT molecular complexity index is 440. The lowest BCUT2D eigenvalue weighted by molar-refractivity contribution is -0.121. The molecule has 6 nitrogen and oxygen atoms in total. The highest BCUT2D eigenvalue weighted by molar-refractivity contribution is 5.94. The molecule has 0 bridgehead atoms. The molecule has 1 aromatic heterocycles. The number of rotatable bonds is 5. The molecule has 0 radical (unpaired) electrons. The van der Waals surface area contributed by atoms with Crippen molar-refractivity contribution < 1.29 is 9.59 Å². The third-order valence-corrected chi connectivity index (χ3v) is 2.63. The second-order valence-corrected chi connectivity index (χ2v) is 4.32. The number of nitrogens with two attached hydrogens (primary N) is 1. The molecule has 1 aliphatic carbocycles. The largest absolute Gasteiger partial charge is 0.384 e. The van der Waals surface area contributed by atoms with Gasteiger partial charge in [0.25, 0.3) is 5.91 Å². The Balaban J connectivity index is 1.70. The summed E-state index contributed by atoms with van der Waals surface area (Å²) in [7, 11) is 0. The highest BCUT2D eigenvalue weighted by Gasteiger charge is 2.22. The summed E-state index contributed by atoms with van der Waals surface area (Å²) in [4.78, 5) is 26.8. The first kappa shape index (κ1) is 12.3. The summed E-state index contributed by atoms with van der Waals surface area (Å²) in [6.45, 7) is 0.321. The van der Waals surface area contributed by atoms with Crippen LogP contribution in [-0.4, -0.2) is 29.4 Å². The van der Waals surface area contributed by atoms with E-state index < -0.39 is 0 Å². The molecular formula is C12H16N4O2. The first-order valence-corrected chi connectivity index (χ1v) is 5.94. The van der Waals surface area contributed by atoms with Crippen molar-refractivity contribution in [1.29, 1.82) is 0 Å². The first-order valence-electron chi connectivity index (χ1n) is 5.94. The smallest absolute Gasteiger partial charge is 0.252 e. The van der Waals surface area contributed by atoms with Gasteiger partial charge in [-0.25, -0.2) is 4.98 Å². The van der Waals surface area contributed by atoms with Gasteiger partial charge in [0, 0.05) is 25.2 Å². The van der Waals surface area contributed by atoms with E-state index in [1.165, 1.54) is 6.20 Å². The predicted octanol–water partition coefficient (Wildman–Crippen LogP) is 0.0623. The Morgan fingerprint density at radius 1 is 1.39 bits per heavy atom. The number of pyridine rings is 1. The Kier molecular flexibility index (Phi) is 3.76. The summed E-state index contributed by atoms with van der Waals surface area (Å²) in [5.41, 5.74) is 5.86. The van der Waals surface area contributed by atoms with Gasteiger partial charge in [0.05, 0.1) is 5.56 Å². The van der Waals surface area contributed by atoms with E-state index in [-0.39, 0.29) is 11.8 Å². The third-order valence-electron chi connectivity index (χ3n) is 2.63. The summed E-state index contributed by atoms with van der Waals surface area (Å²) in [6, 6.07) is 3.52. The van der Waals surface area contributed by atoms with Gasteiger partial charge in [0.1, 0.15) is 5.82 Å². The second kappa shape index (κ2) is 5.48. The Labute approximate surface area is 105 Å². The van der Waals surface area contributed by atoms with E-state index >= 15 is 0 Å². The van der Waals surface area contributed by atoms with Gasteiger partial charge in [-0.05, 0) is 25.0 Å². The topological polar surface area (TPSA) is 97.1 Å². The number of carbonyl (C=O) groups is 2. The quantitative estimate of drug-likeness (QED) is 0.686. The van der Waals surface area contributed by atoms with Crippen LogP contribution < -0.4 is 16.4 Å². The number of anilines is 1. The normalized spacial score (nSPS) is 14.0. The van der Waals surface area contributed by atoms with Gasteiger partial charge >= 0.3 is 0 Å². The van der Waals surface area contributed by atoms with E-state index in [2.05, 4.69) is 15.6 Å². The highest BCUT2D eigenvalue weighted by atomic mass is 16.2. The average Bonchev–Trinajstić information content (AvgIpc) is 3.13. The molecule has 2 rings (SSSR count). The zero-order chi connectivity index (χ0) is 13.0. The minimum absolute atomic E-state index is 0.0202. The molecule has 1 aliphatic rings. The molecule has 0 atom stereocenters. The maximum absolute atomic E-state index is 11.6. The lowest BCUT2D eigenvalue weighted by Crippen LogP contribution is -2.31. The molecule has 1 aromatic rings. The molecule has 0 unspecified atom stereocenters. The van der Waals surface area contributed by atoms with Crippen LogP contribution in [0, 0.1) is 0 Å². The van der Waals surface area contributed by atoms with Crippen molar-refractivity contribution in [3.8, 4) is 0 Å². The molecule has 0 spiro atoms. The molecule has 0 aromatic carbocycles. The number of amides is 2. The van der Waals surface area contributed by atoms with Crippen LogP contribution in [0.5, 0.6) is 0 Å².